The maximum atomic E-state index is 11.9. The number of carbonyl (C=O) groups excluding carboxylic acids is 1. The first-order valence-corrected chi connectivity index (χ1v) is 5.26. The summed E-state index contributed by atoms with van der Waals surface area (Å²) in [6.07, 6.45) is 0. The first-order valence-electron chi connectivity index (χ1n) is 4.88. The number of benzene rings is 1. The van der Waals surface area contributed by atoms with Gasteiger partial charge >= 0.3 is 0 Å². The van der Waals surface area contributed by atoms with Gasteiger partial charge in [-0.05, 0) is 17.7 Å². The molecule has 0 saturated carbocycles. The Hall–Kier alpha value is -1.06. The zero-order valence-electron chi connectivity index (χ0n) is 8.53. The average molecular weight is 225 g/mol. The molecule has 0 aromatic heterocycles. The van der Waals surface area contributed by atoms with Gasteiger partial charge < -0.3 is 10.6 Å². The monoisotopic (exact) mass is 224 g/mol. The van der Waals surface area contributed by atoms with E-state index in [9.17, 15) is 4.79 Å². The predicted molar refractivity (Wildman–Crippen MR) is 60.2 cm³/mol. The fraction of sp³-hybridized carbons (Fsp3) is 0.364. The molecule has 1 amide bonds. The molecule has 1 heterocycles. The molecule has 1 aromatic carbocycles. The molecule has 0 aliphatic carbocycles. The molecule has 1 atom stereocenters. The number of hydrogen-bond donors (Lipinski definition) is 1. The number of carbonyl (C=O) groups is 1. The highest BCUT2D eigenvalue weighted by molar-refractivity contribution is 6.31. The highest BCUT2D eigenvalue weighted by Crippen LogP contribution is 2.28. The van der Waals surface area contributed by atoms with Gasteiger partial charge in [0, 0.05) is 36.6 Å². The van der Waals surface area contributed by atoms with E-state index in [4.69, 9.17) is 17.3 Å². The number of fused-ring (bicyclic) bond motifs is 1. The van der Waals surface area contributed by atoms with Crippen LogP contribution in [0.3, 0.4) is 0 Å². The number of rotatable bonds is 1. The summed E-state index contributed by atoms with van der Waals surface area (Å²) in [6, 6.07) is 5.43. The molecular formula is C11H13ClN2O. The summed E-state index contributed by atoms with van der Waals surface area (Å²) >= 11 is 5.88. The maximum Gasteiger partial charge on any atom is 0.253 e. The van der Waals surface area contributed by atoms with E-state index in [-0.39, 0.29) is 11.8 Å². The van der Waals surface area contributed by atoms with Crippen LogP contribution >= 0.6 is 11.6 Å². The van der Waals surface area contributed by atoms with Crippen LogP contribution in [0.5, 0.6) is 0 Å². The number of nitrogens with zero attached hydrogens (tertiary/aromatic N) is 1. The van der Waals surface area contributed by atoms with Gasteiger partial charge in [0.25, 0.3) is 5.91 Å². The summed E-state index contributed by atoms with van der Waals surface area (Å²) in [5, 5.41) is 0.591. The second kappa shape index (κ2) is 3.83. The molecule has 1 aliphatic heterocycles. The van der Waals surface area contributed by atoms with Gasteiger partial charge in [0.1, 0.15) is 0 Å². The second-order valence-electron chi connectivity index (χ2n) is 3.85. The minimum Gasteiger partial charge on any atom is -0.341 e. The topological polar surface area (TPSA) is 46.3 Å². The van der Waals surface area contributed by atoms with Gasteiger partial charge in [-0.3, -0.25) is 4.79 Å². The van der Waals surface area contributed by atoms with Crippen LogP contribution in [0.4, 0.5) is 0 Å². The molecule has 0 saturated heterocycles. The Morgan fingerprint density at radius 2 is 2.33 bits per heavy atom. The largest absolute Gasteiger partial charge is 0.341 e. The van der Waals surface area contributed by atoms with E-state index in [1.165, 1.54) is 0 Å². The number of hydrogen-bond acceptors (Lipinski definition) is 2. The third-order valence-electron chi connectivity index (χ3n) is 2.81. The first-order chi connectivity index (χ1) is 7.13. The van der Waals surface area contributed by atoms with Gasteiger partial charge in [-0.2, -0.15) is 0 Å². The van der Waals surface area contributed by atoms with Crippen LogP contribution in [-0.4, -0.2) is 30.9 Å². The summed E-state index contributed by atoms with van der Waals surface area (Å²) in [5.41, 5.74) is 7.40. The van der Waals surface area contributed by atoms with Crippen LogP contribution < -0.4 is 5.73 Å². The van der Waals surface area contributed by atoms with Crippen LogP contribution in [0.2, 0.25) is 5.02 Å². The van der Waals surface area contributed by atoms with Crippen molar-refractivity contribution in [2.75, 3.05) is 20.1 Å². The third-order valence-corrected chi connectivity index (χ3v) is 3.05. The molecular weight excluding hydrogens is 212 g/mol. The molecule has 1 aromatic rings. The molecule has 2 rings (SSSR count). The standard InChI is InChI=1S/C11H13ClN2O/c1-14-6-7(5-13)9-3-2-8(12)4-10(9)11(14)15/h2-4,7H,5-6,13H2,1H3. The summed E-state index contributed by atoms with van der Waals surface area (Å²) < 4.78 is 0. The van der Waals surface area contributed by atoms with Crippen molar-refractivity contribution in [3.05, 3.63) is 34.3 Å². The Labute approximate surface area is 93.8 Å². The van der Waals surface area contributed by atoms with E-state index in [0.717, 1.165) is 5.56 Å². The number of amides is 1. The zero-order chi connectivity index (χ0) is 11.0. The normalized spacial score (nSPS) is 20.3. The van der Waals surface area contributed by atoms with Crippen molar-refractivity contribution in [3.8, 4) is 0 Å². The van der Waals surface area contributed by atoms with Crippen LogP contribution in [0.15, 0.2) is 18.2 Å². The van der Waals surface area contributed by atoms with Gasteiger partial charge in [-0.1, -0.05) is 17.7 Å². The first kappa shape index (κ1) is 10.5. The lowest BCUT2D eigenvalue weighted by atomic mass is 9.89. The van der Waals surface area contributed by atoms with E-state index >= 15 is 0 Å². The SMILES string of the molecule is CN1CC(CN)c2ccc(Cl)cc2C1=O. The minimum atomic E-state index is 0.0252. The van der Waals surface area contributed by atoms with Crippen LogP contribution in [0.25, 0.3) is 0 Å². The highest BCUT2D eigenvalue weighted by atomic mass is 35.5. The van der Waals surface area contributed by atoms with Crippen LogP contribution in [0, 0.1) is 0 Å². The maximum absolute atomic E-state index is 11.9. The van der Waals surface area contributed by atoms with Crippen molar-refractivity contribution < 1.29 is 4.79 Å². The lowest BCUT2D eigenvalue weighted by Crippen LogP contribution is -2.39. The molecule has 80 valence electrons. The van der Waals surface area contributed by atoms with Crippen molar-refractivity contribution >= 4 is 17.5 Å². The quantitative estimate of drug-likeness (QED) is 0.785. The van der Waals surface area contributed by atoms with Gasteiger partial charge in [-0.25, -0.2) is 0 Å². The fourth-order valence-corrected chi connectivity index (χ4v) is 2.16. The van der Waals surface area contributed by atoms with E-state index < -0.39 is 0 Å². The summed E-state index contributed by atoms with van der Waals surface area (Å²) in [4.78, 5) is 13.5. The molecule has 4 heteroatoms. The Morgan fingerprint density at radius 3 is 3.00 bits per heavy atom. The minimum absolute atomic E-state index is 0.0252. The molecule has 0 spiro atoms. The molecule has 2 N–H and O–H groups in total. The summed E-state index contributed by atoms with van der Waals surface area (Å²) in [7, 11) is 1.79. The molecule has 15 heavy (non-hydrogen) atoms. The van der Waals surface area contributed by atoms with E-state index in [2.05, 4.69) is 0 Å². The Balaban J connectivity index is 2.53. The average Bonchev–Trinajstić information content (AvgIpc) is 2.23. The van der Waals surface area contributed by atoms with Gasteiger partial charge in [-0.15, -0.1) is 0 Å². The number of nitrogens with two attached hydrogens (primary N) is 1. The molecule has 1 unspecified atom stereocenters. The van der Waals surface area contributed by atoms with Crippen molar-refractivity contribution in [1.29, 1.82) is 0 Å². The zero-order valence-corrected chi connectivity index (χ0v) is 9.29. The van der Waals surface area contributed by atoms with E-state index in [1.54, 1.807) is 18.0 Å². The van der Waals surface area contributed by atoms with Crippen LogP contribution in [0.1, 0.15) is 21.8 Å². The van der Waals surface area contributed by atoms with E-state index in [0.29, 0.717) is 23.7 Å². The molecule has 3 nitrogen and oxygen atoms in total. The van der Waals surface area contributed by atoms with Gasteiger partial charge in [0.2, 0.25) is 0 Å². The Morgan fingerprint density at radius 1 is 1.60 bits per heavy atom. The van der Waals surface area contributed by atoms with Crippen molar-refractivity contribution in [2.24, 2.45) is 5.73 Å². The highest BCUT2D eigenvalue weighted by Gasteiger charge is 2.28. The smallest absolute Gasteiger partial charge is 0.253 e. The second-order valence-corrected chi connectivity index (χ2v) is 4.29. The fourth-order valence-electron chi connectivity index (χ4n) is 1.99. The molecule has 0 bridgehead atoms. The van der Waals surface area contributed by atoms with Crippen molar-refractivity contribution in [2.45, 2.75) is 5.92 Å². The number of halogens is 1. The predicted octanol–water partition coefficient (Wildman–Crippen LogP) is 1.47. The summed E-state index contributed by atoms with van der Waals surface area (Å²) in [6.45, 7) is 1.23. The number of likely N-dealkylation sites (N-methyl/N-ethyl adjacent to an activating group) is 1. The van der Waals surface area contributed by atoms with Gasteiger partial charge in [0.05, 0.1) is 0 Å². The Kier molecular flexibility index (Phi) is 2.67. The van der Waals surface area contributed by atoms with Gasteiger partial charge in [0.15, 0.2) is 0 Å². The van der Waals surface area contributed by atoms with Crippen molar-refractivity contribution in [3.63, 3.8) is 0 Å². The van der Waals surface area contributed by atoms with Crippen LogP contribution in [-0.2, 0) is 0 Å². The molecule has 0 fully saturated rings. The Bertz CT molecular complexity index is 406. The molecule has 0 radical (unpaired) electrons. The summed E-state index contributed by atoms with van der Waals surface area (Å²) in [5.74, 6) is 0.247. The van der Waals surface area contributed by atoms with E-state index in [1.807, 2.05) is 12.1 Å². The third kappa shape index (κ3) is 1.73. The molecule has 1 aliphatic rings. The van der Waals surface area contributed by atoms with Crippen molar-refractivity contribution in [1.82, 2.24) is 4.90 Å². The lowest BCUT2D eigenvalue weighted by Gasteiger charge is -2.31. The lowest BCUT2D eigenvalue weighted by molar-refractivity contribution is 0.0766.